The first-order chi connectivity index (χ1) is 9.56. The van der Waals surface area contributed by atoms with Crippen molar-refractivity contribution in [2.24, 2.45) is 11.7 Å². The van der Waals surface area contributed by atoms with E-state index in [9.17, 15) is 4.79 Å². The smallest absolute Gasteiger partial charge is 0.220 e. The van der Waals surface area contributed by atoms with Crippen LogP contribution in [0, 0.1) is 12.8 Å². The number of aryl methyl sites for hydroxylation is 1. The zero-order valence-electron chi connectivity index (χ0n) is 12.9. The molecule has 0 aromatic carbocycles. The Hall–Kier alpha value is -1.29. The maximum absolute atomic E-state index is 12.0. The van der Waals surface area contributed by atoms with Crippen LogP contribution in [0.3, 0.4) is 0 Å². The van der Waals surface area contributed by atoms with Gasteiger partial charge in [-0.3, -0.25) is 4.79 Å². The molecule has 1 amide bonds. The fraction of sp³-hybridized carbons (Fsp3) is 0.688. The minimum atomic E-state index is -0.0738. The van der Waals surface area contributed by atoms with Crippen LogP contribution in [0.2, 0.25) is 0 Å². The third-order valence-electron chi connectivity index (χ3n) is 3.62. The van der Waals surface area contributed by atoms with Gasteiger partial charge in [0.05, 0.1) is 6.04 Å². The Kier molecular flexibility index (Phi) is 7.37. The zero-order chi connectivity index (χ0) is 15.0. The maximum atomic E-state index is 12.0. The average Bonchev–Trinajstić information content (AvgIpc) is 2.83. The van der Waals surface area contributed by atoms with E-state index in [1.54, 1.807) is 0 Å². The van der Waals surface area contributed by atoms with Crippen molar-refractivity contribution in [3.05, 3.63) is 23.7 Å². The average molecular weight is 280 g/mol. The summed E-state index contributed by atoms with van der Waals surface area (Å²) in [6.07, 6.45) is 4.79. The highest BCUT2D eigenvalue weighted by Crippen LogP contribution is 2.18. The van der Waals surface area contributed by atoms with Crippen molar-refractivity contribution in [1.82, 2.24) is 5.32 Å². The van der Waals surface area contributed by atoms with Crippen molar-refractivity contribution in [2.45, 2.75) is 58.9 Å². The van der Waals surface area contributed by atoms with Gasteiger partial charge in [0, 0.05) is 6.42 Å². The van der Waals surface area contributed by atoms with Crippen LogP contribution in [0.4, 0.5) is 0 Å². The van der Waals surface area contributed by atoms with Gasteiger partial charge in [-0.05, 0) is 51.3 Å². The van der Waals surface area contributed by atoms with Gasteiger partial charge < -0.3 is 15.5 Å². The second-order valence-corrected chi connectivity index (χ2v) is 5.51. The number of carbonyl (C=O) groups excluding carboxylic acids is 1. The normalized spacial score (nSPS) is 14.0. The van der Waals surface area contributed by atoms with Gasteiger partial charge >= 0.3 is 0 Å². The van der Waals surface area contributed by atoms with Crippen LogP contribution in [0.5, 0.6) is 0 Å². The molecule has 3 N–H and O–H groups in total. The largest absolute Gasteiger partial charge is 0.464 e. The predicted molar refractivity (Wildman–Crippen MR) is 81.3 cm³/mol. The number of amides is 1. The van der Waals surface area contributed by atoms with Crippen LogP contribution in [0.15, 0.2) is 16.5 Å². The summed E-state index contributed by atoms with van der Waals surface area (Å²) in [5.41, 5.74) is 5.61. The lowest BCUT2D eigenvalue weighted by atomic mass is 9.94. The van der Waals surface area contributed by atoms with Gasteiger partial charge in [-0.2, -0.15) is 0 Å². The van der Waals surface area contributed by atoms with Gasteiger partial charge in [0.1, 0.15) is 11.5 Å². The van der Waals surface area contributed by atoms with Crippen molar-refractivity contribution in [2.75, 3.05) is 6.54 Å². The third-order valence-corrected chi connectivity index (χ3v) is 3.62. The van der Waals surface area contributed by atoms with Gasteiger partial charge in [-0.15, -0.1) is 0 Å². The summed E-state index contributed by atoms with van der Waals surface area (Å²) in [6, 6.07) is 3.75. The van der Waals surface area contributed by atoms with Crippen LogP contribution in [0.25, 0.3) is 0 Å². The van der Waals surface area contributed by atoms with Crippen LogP contribution in [-0.4, -0.2) is 12.5 Å². The number of nitrogens with two attached hydrogens (primary N) is 1. The van der Waals surface area contributed by atoms with Crippen molar-refractivity contribution in [3.8, 4) is 0 Å². The molecule has 0 saturated carbocycles. The molecule has 114 valence electrons. The molecule has 4 nitrogen and oxygen atoms in total. The summed E-state index contributed by atoms with van der Waals surface area (Å²) >= 11 is 0. The number of nitrogens with one attached hydrogen (secondary N) is 1. The number of hydrogen-bond donors (Lipinski definition) is 2. The molecule has 1 aromatic heterocycles. The highest BCUT2D eigenvalue weighted by Gasteiger charge is 2.14. The van der Waals surface area contributed by atoms with E-state index >= 15 is 0 Å². The van der Waals surface area contributed by atoms with Crippen molar-refractivity contribution in [3.63, 3.8) is 0 Å². The Bertz CT molecular complexity index is 395. The molecular formula is C16H28N2O2. The lowest BCUT2D eigenvalue weighted by molar-refractivity contribution is -0.122. The molecule has 2 atom stereocenters. The molecule has 0 bridgehead atoms. The molecule has 1 aromatic rings. The summed E-state index contributed by atoms with van der Waals surface area (Å²) < 4.78 is 5.52. The Morgan fingerprint density at radius 1 is 1.35 bits per heavy atom. The first kappa shape index (κ1) is 16.8. The Labute approximate surface area is 122 Å². The lowest BCUT2D eigenvalue weighted by Crippen LogP contribution is -2.26. The minimum absolute atomic E-state index is 0.0738. The zero-order valence-corrected chi connectivity index (χ0v) is 12.9. The van der Waals surface area contributed by atoms with E-state index in [-0.39, 0.29) is 11.9 Å². The molecule has 4 heteroatoms. The minimum Gasteiger partial charge on any atom is -0.464 e. The summed E-state index contributed by atoms with van der Waals surface area (Å²) in [4.78, 5) is 12.0. The molecule has 2 unspecified atom stereocenters. The Balaban J connectivity index is 2.35. The first-order valence-electron chi connectivity index (χ1n) is 7.62. The molecule has 1 heterocycles. The number of carbonyl (C=O) groups is 1. The number of hydrogen-bond acceptors (Lipinski definition) is 3. The van der Waals surface area contributed by atoms with Crippen molar-refractivity contribution >= 4 is 5.91 Å². The summed E-state index contributed by atoms with van der Waals surface area (Å²) in [7, 11) is 0. The van der Waals surface area contributed by atoms with E-state index in [1.807, 2.05) is 26.0 Å². The second kappa shape index (κ2) is 8.80. The topological polar surface area (TPSA) is 68.3 Å². The number of rotatable bonds is 9. The number of furan rings is 1. The van der Waals surface area contributed by atoms with Crippen molar-refractivity contribution in [1.29, 1.82) is 0 Å². The molecule has 0 saturated heterocycles. The molecule has 0 aliphatic rings. The molecule has 0 aliphatic heterocycles. The third kappa shape index (κ3) is 5.78. The van der Waals surface area contributed by atoms with Gasteiger partial charge in [0.2, 0.25) is 5.91 Å². The van der Waals surface area contributed by atoms with Crippen LogP contribution in [0.1, 0.15) is 63.5 Å². The first-order valence-corrected chi connectivity index (χ1v) is 7.62. The van der Waals surface area contributed by atoms with E-state index in [0.29, 0.717) is 18.9 Å². The molecule has 1 rings (SSSR count). The molecule has 0 aliphatic carbocycles. The molecular weight excluding hydrogens is 252 g/mol. The van der Waals surface area contributed by atoms with Crippen molar-refractivity contribution < 1.29 is 9.21 Å². The predicted octanol–water partition coefficient (Wildman–Crippen LogP) is 3.31. The van der Waals surface area contributed by atoms with Crippen LogP contribution in [-0.2, 0) is 4.79 Å². The highest BCUT2D eigenvalue weighted by molar-refractivity contribution is 5.76. The SMILES string of the molecule is CCCC(CCN)CCC(=O)NC(C)c1ccc(C)o1. The fourth-order valence-corrected chi connectivity index (χ4v) is 2.48. The monoisotopic (exact) mass is 280 g/mol. The molecule has 0 fully saturated rings. The van der Waals surface area contributed by atoms with E-state index in [1.165, 1.54) is 0 Å². The van der Waals surface area contributed by atoms with Gasteiger partial charge in [-0.1, -0.05) is 19.8 Å². The molecule has 0 spiro atoms. The van der Waals surface area contributed by atoms with Gasteiger partial charge in [0.25, 0.3) is 0 Å². The van der Waals surface area contributed by atoms with E-state index in [0.717, 1.165) is 37.2 Å². The standard InChI is InChI=1S/C16H28N2O2/c1-4-5-14(10-11-17)7-9-16(19)18-13(3)15-8-6-12(2)20-15/h6,8,13-14H,4-5,7,9-11,17H2,1-3H3,(H,18,19). The van der Waals surface area contributed by atoms with Gasteiger partial charge in [-0.25, -0.2) is 0 Å². The summed E-state index contributed by atoms with van der Waals surface area (Å²) in [5, 5.41) is 2.99. The Morgan fingerprint density at radius 3 is 2.65 bits per heavy atom. The van der Waals surface area contributed by atoms with Crippen LogP contribution >= 0.6 is 0 Å². The van der Waals surface area contributed by atoms with Crippen LogP contribution < -0.4 is 11.1 Å². The van der Waals surface area contributed by atoms with E-state index < -0.39 is 0 Å². The molecule has 20 heavy (non-hydrogen) atoms. The van der Waals surface area contributed by atoms with E-state index in [2.05, 4.69) is 12.2 Å². The quantitative estimate of drug-likeness (QED) is 0.729. The molecule has 0 radical (unpaired) electrons. The maximum Gasteiger partial charge on any atom is 0.220 e. The van der Waals surface area contributed by atoms with Gasteiger partial charge in [0.15, 0.2) is 0 Å². The summed E-state index contributed by atoms with van der Waals surface area (Å²) in [5.74, 6) is 2.33. The highest BCUT2D eigenvalue weighted by atomic mass is 16.3. The summed E-state index contributed by atoms with van der Waals surface area (Å²) in [6.45, 7) is 6.72. The van der Waals surface area contributed by atoms with E-state index in [4.69, 9.17) is 10.2 Å². The lowest BCUT2D eigenvalue weighted by Gasteiger charge is -2.16. The second-order valence-electron chi connectivity index (χ2n) is 5.51. The Morgan fingerprint density at radius 2 is 2.10 bits per heavy atom. The fourth-order valence-electron chi connectivity index (χ4n) is 2.48.